The van der Waals surface area contributed by atoms with Gasteiger partial charge >= 0.3 is 0 Å². The molecule has 27 heteroatoms. The van der Waals surface area contributed by atoms with E-state index in [9.17, 15) is 62.1 Å². The van der Waals surface area contributed by atoms with Crippen LogP contribution in [0.25, 0.3) is 10.8 Å². The zero-order valence-corrected chi connectivity index (χ0v) is 29.5. The zero-order valence-electron chi connectivity index (χ0n) is 24.8. The molecule has 0 aliphatic heterocycles. The van der Waals surface area contributed by atoms with E-state index in [1.165, 1.54) is 12.1 Å². The van der Waals surface area contributed by atoms with Crippen LogP contribution >= 0.6 is 23.2 Å². The van der Waals surface area contributed by atoms with Gasteiger partial charge in [-0.15, -0.1) is 10.2 Å². The number of aromatic hydroxyl groups is 2. The SMILES string of the molecule is O=S(=O)(O)c1cccc(Nc2nc(Cl)nc(Nc3cc(S(=O)(=O)O)cc4cc(S(=O)(=O)O)c(N=Nc5cc(S(=O)(=O)O)cc(Cl)c5O)c(O)c34)n2)c1. The van der Waals surface area contributed by atoms with Crippen LogP contribution in [0.3, 0.4) is 0 Å². The minimum absolute atomic E-state index is 0.0296. The van der Waals surface area contributed by atoms with Crippen LogP contribution in [0.2, 0.25) is 10.3 Å². The lowest BCUT2D eigenvalue weighted by Crippen LogP contribution is -2.06. The molecule has 0 unspecified atom stereocenters. The number of hydrogen-bond acceptors (Lipinski definition) is 17. The summed E-state index contributed by atoms with van der Waals surface area (Å²) >= 11 is 11.8. The molecule has 8 N–H and O–H groups in total. The highest BCUT2D eigenvalue weighted by atomic mass is 35.5. The predicted octanol–water partition coefficient (Wildman–Crippen LogP) is 4.63. The summed E-state index contributed by atoms with van der Waals surface area (Å²) in [5.41, 5.74) is -2.31. The molecule has 0 fully saturated rings. The molecular weight excluding hydrogens is 821 g/mol. The van der Waals surface area contributed by atoms with Gasteiger partial charge in [-0.05, 0) is 65.5 Å². The first kappa shape index (κ1) is 38.4. The van der Waals surface area contributed by atoms with Gasteiger partial charge in [-0.25, -0.2) is 0 Å². The quantitative estimate of drug-likeness (QED) is 0.0701. The lowest BCUT2D eigenvalue weighted by Gasteiger charge is -2.15. The van der Waals surface area contributed by atoms with Crippen LogP contribution in [-0.4, -0.2) is 77.0 Å². The lowest BCUT2D eigenvalue weighted by atomic mass is 10.1. The van der Waals surface area contributed by atoms with Crippen LogP contribution in [0.4, 0.5) is 34.6 Å². The third-order valence-corrected chi connectivity index (χ3v) is 10.4. The Labute approximate surface area is 301 Å². The number of fused-ring (bicyclic) bond motifs is 1. The lowest BCUT2D eigenvalue weighted by molar-refractivity contribution is 0.471. The smallest absolute Gasteiger partial charge is 0.296 e. The maximum absolute atomic E-state index is 12.4. The number of nitrogens with one attached hydrogen (secondary N) is 2. The maximum Gasteiger partial charge on any atom is 0.296 e. The highest BCUT2D eigenvalue weighted by Crippen LogP contribution is 2.46. The molecule has 4 aromatic carbocycles. The first-order valence-corrected chi connectivity index (χ1v) is 19.7. The van der Waals surface area contributed by atoms with Gasteiger partial charge in [0.25, 0.3) is 40.5 Å². The average Bonchev–Trinajstić information content (AvgIpc) is 3.00. The Bertz CT molecular complexity index is 2810. The zero-order chi connectivity index (χ0) is 38.6. The molecule has 0 saturated carbocycles. The van der Waals surface area contributed by atoms with E-state index >= 15 is 0 Å². The van der Waals surface area contributed by atoms with Crippen molar-refractivity contribution in [2.75, 3.05) is 10.6 Å². The molecule has 0 bridgehead atoms. The number of hydrogen-bond donors (Lipinski definition) is 8. The number of aromatic nitrogens is 3. The summed E-state index contributed by atoms with van der Waals surface area (Å²) in [4.78, 5) is 8.21. The van der Waals surface area contributed by atoms with Crippen LogP contribution in [0.5, 0.6) is 11.5 Å². The summed E-state index contributed by atoms with van der Waals surface area (Å²) in [6.45, 7) is 0. The number of phenols is 2. The van der Waals surface area contributed by atoms with Crippen molar-refractivity contribution in [2.24, 2.45) is 10.2 Å². The van der Waals surface area contributed by atoms with Crippen molar-refractivity contribution in [2.45, 2.75) is 19.6 Å². The summed E-state index contributed by atoms with van der Waals surface area (Å²) in [6, 6.07) is 7.98. The van der Waals surface area contributed by atoms with Crippen LogP contribution in [0.15, 0.2) is 84.4 Å². The summed E-state index contributed by atoms with van der Waals surface area (Å²) in [7, 11) is -20.0. The fraction of sp³-hybridized carbons (Fsp3) is 0. The highest BCUT2D eigenvalue weighted by molar-refractivity contribution is 7.86. The van der Waals surface area contributed by atoms with Gasteiger partial charge in [0, 0.05) is 11.1 Å². The van der Waals surface area contributed by atoms with E-state index in [4.69, 9.17) is 23.2 Å². The average molecular weight is 839 g/mol. The second-order valence-electron chi connectivity index (χ2n) is 10.0. The Morgan fingerprint density at radius 2 is 1.21 bits per heavy atom. The second-order valence-corrected chi connectivity index (χ2v) is 16.4. The number of azo groups is 1. The first-order valence-electron chi connectivity index (χ1n) is 13.2. The number of anilines is 4. The Balaban J connectivity index is 1.71. The molecule has 52 heavy (non-hydrogen) atoms. The van der Waals surface area contributed by atoms with Gasteiger partial charge in [-0.2, -0.15) is 48.6 Å². The topological polar surface area (TPSA) is 345 Å². The number of benzene rings is 4. The van der Waals surface area contributed by atoms with Gasteiger partial charge in [0.05, 0.1) is 25.4 Å². The summed E-state index contributed by atoms with van der Waals surface area (Å²) in [6.07, 6.45) is 0. The fourth-order valence-electron chi connectivity index (χ4n) is 4.34. The van der Waals surface area contributed by atoms with Crippen LogP contribution < -0.4 is 10.6 Å². The molecule has 0 radical (unpaired) electrons. The number of nitrogens with zero attached hydrogens (tertiary/aromatic N) is 5. The Morgan fingerprint density at radius 1 is 0.615 bits per heavy atom. The van der Waals surface area contributed by atoms with Crippen LogP contribution in [-0.2, 0) is 40.5 Å². The second kappa shape index (κ2) is 13.6. The predicted molar refractivity (Wildman–Crippen MR) is 180 cm³/mol. The molecule has 1 heterocycles. The maximum atomic E-state index is 12.4. The third kappa shape index (κ3) is 8.44. The molecule has 0 aliphatic rings. The summed E-state index contributed by atoms with van der Waals surface area (Å²) < 4.78 is 134. The van der Waals surface area contributed by atoms with Crippen molar-refractivity contribution in [1.82, 2.24) is 15.0 Å². The number of halogens is 2. The summed E-state index contributed by atoms with van der Waals surface area (Å²) in [5, 5.41) is 31.7. The van der Waals surface area contributed by atoms with E-state index in [1.54, 1.807) is 0 Å². The van der Waals surface area contributed by atoms with E-state index in [0.29, 0.717) is 24.3 Å². The molecule has 0 saturated heterocycles. The van der Waals surface area contributed by atoms with Crippen molar-refractivity contribution in [3.05, 3.63) is 64.9 Å². The van der Waals surface area contributed by atoms with Crippen LogP contribution in [0, 0.1) is 0 Å². The van der Waals surface area contributed by atoms with Gasteiger partial charge in [0.15, 0.2) is 11.5 Å². The van der Waals surface area contributed by atoms with Crippen LogP contribution in [0.1, 0.15) is 0 Å². The van der Waals surface area contributed by atoms with E-state index in [1.807, 2.05) is 0 Å². The van der Waals surface area contributed by atoms with Gasteiger partial charge in [-0.3, -0.25) is 18.2 Å². The van der Waals surface area contributed by atoms with Crippen molar-refractivity contribution in [3.8, 4) is 11.5 Å². The fourth-order valence-corrected chi connectivity index (χ4v) is 7.03. The van der Waals surface area contributed by atoms with Crippen molar-refractivity contribution in [1.29, 1.82) is 0 Å². The van der Waals surface area contributed by atoms with Gasteiger partial charge in [-0.1, -0.05) is 17.7 Å². The van der Waals surface area contributed by atoms with Crippen molar-refractivity contribution in [3.63, 3.8) is 0 Å². The third-order valence-electron chi connectivity index (χ3n) is 6.51. The monoisotopic (exact) mass is 837 g/mol. The van der Waals surface area contributed by atoms with Gasteiger partial charge < -0.3 is 20.8 Å². The Hall–Kier alpha value is -4.83. The van der Waals surface area contributed by atoms with Crippen molar-refractivity contribution < 1.29 is 62.1 Å². The molecule has 0 spiro atoms. The molecule has 1 aromatic heterocycles. The first-order chi connectivity index (χ1) is 23.9. The minimum Gasteiger partial charge on any atom is -0.505 e. The molecule has 21 nitrogen and oxygen atoms in total. The molecule has 0 atom stereocenters. The highest BCUT2D eigenvalue weighted by Gasteiger charge is 2.26. The van der Waals surface area contributed by atoms with E-state index < -0.39 is 116 Å². The largest absolute Gasteiger partial charge is 0.505 e. The standard InChI is InChI=1S/C25H17Cl2N7O14S4/c26-15-7-14(51(43,44)45)9-17(21(15)35)33-34-20-18(52(46,47)48)5-10-4-13(50(40,41)42)8-16(19(10)22(20)36)29-25-31-23(27)30-24(32-25)28-11-2-1-3-12(6-11)49(37,38)39/h1-9,35-36H,(H,37,38,39)(H,40,41,42)(H,43,44,45)(H,46,47,48)(H2,28,29,30,31,32). The Kier molecular flexibility index (Phi) is 10.1. The minimum atomic E-state index is -5.36. The molecule has 5 aromatic rings. The number of phenolic OH excluding ortho intramolecular Hbond substituents is 2. The normalized spacial score (nSPS) is 12.7. The number of rotatable bonds is 10. The van der Waals surface area contributed by atoms with Gasteiger partial charge in [0.2, 0.25) is 17.2 Å². The van der Waals surface area contributed by atoms with Gasteiger partial charge in [0.1, 0.15) is 16.3 Å². The Morgan fingerprint density at radius 3 is 1.81 bits per heavy atom. The summed E-state index contributed by atoms with van der Waals surface area (Å²) in [5.74, 6) is -2.93. The molecule has 0 aliphatic carbocycles. The molecule has 5 rings (SSSR count). The van der Waals surface area contributed by atoms with E-state index in [0.717, 1.165) is 18.2 Å². The van der Waals surface area contributed by atoms with E-state index in [2.05, 4.69) is 35.8 Å². The molecule has 274 valence electrons. The van der Waals surface area contributed by atoms with E-state index in [-0.39, 0.29) is 11.6 Å². The van der Waals surface area contributed by atoms with Crippen molar-refractivity contribution >= 4 is 109 Å². The molecular formula is C25H17Cl2N7O14S4. The molecule has 0 amide bonds.